The molecule has 0 bridgehead atoms. The van der Waals surface area contributed by atoms with Gasteiger partial charge in [0, 0.05) is 11.9 Å². The smallest absolute Gasteiger partial charge is 0.410 e. The molecule has 6 nitrogen and oxygen atoms in total. The first-order chi connectivity index (χ1) is 9.90. The van der Waals surface area contributed by atoms with Crippen LogP contribution in [0.25, 0.3) is 0 Å². The van der Waals surface area contributed by atoms with Crippen LogP contribution in [0, 0.1) is 0 Å². The predicted molar refractivity (Wildman–Crippen MR) is 79.3 cm³/mol. The number of nitrogens with one attached hydrogen (secondary N) is 1. The summed E-state index contributed by atoms with van der Waals surface area (Å²) in [6.45, 7) is 8.15. The Kier molecular flexibility index (Phi) is 3.67. The van der Waals surface area contributed by atoms with E-state index in [1.54, 1.807) is 4.90 Å². The van der Waals surface area contributed by atoms with Gasteiger partial charge in [0.2, 0.25) is 0 Å². The molecule has 21 heavy (non-hydrogen) atoms. The molecule has 1 atom stereocenters. The summed E-state index contributed by atoms with van der Waals surface area (Å²) in [6, 6.07) is 2.05. The van der Waals surface area contributed by atoms with Gasteiger partial charge in [0.15, 0.2) is 0 Å². The molecule has 2 aliphatic heterocycles. The van der Waals surface area contributed by atoms with Gasteiger partial charge in [0.05, 0.1) is 31.4 Å². The molecule has 1 aromatic rings. The molecule has 2 fully saturated rings. The molecule has 0 saturated carbocycles. The fraction of sp³-hybridized carbons (Fsp3) is 0.714. The second-order valence-corrected chi connectivity index (χ2v) is 7.23. The van der Waals surface area contributed by atoms with Crippen LogP contribution in [0.15, 0.2) is 11.4 Å². The van der Waals surface area contributed by atoms with Gasteiger partial charge in [-0.15, -0.1) is 0 Å². The molecule has 3 rings (SSSR count). The fourth-order valence-electron chi connectivity index (χ4n) is 2.80. The summed E-state index contributed by atoms with van der Waals surface area (Å²) in [5.41, 5.74) is 0.145. The first kappa shape index (κ1) is 14.7. The number of ether oxygens (including phenoxy) is 2. The van der Waals surface area contributed by atoms with Crippen LogP contribution >= 0.6 is 11.5 Å². The summed E-state index contributed by atoms with van der Waals surface area (Å²) >= 11 is 1.43. The largest absolute Gasteiger partial charge is 0.444 e. The summed E-state index contributed by atoms with van der Waals surface area (Å²) in [6.07, 6.45) is -0.278. The van der Waals surface area contributed by atoms with E-state index in [1.807, 2.05) is 32.2 Å². The molecule has 0 radical (unpaired) electrons. The lowest BCUT2D eigenvalue weighted by Crippen LogP contribution is -2.72. The Morgan fingerprint density at radius 3 is 2.95 bits per heavy atom. The maximum atomic E-state index is 12.1. The normalized spacial score (nSPS) is 24.7. The maximum absolute atomic E-state index is 12.1. The van der Waals surface area contributed by atoms with Crippen molar-refractivity contribution in [1.82, 2.24) is 14.6 Å². The van der Waals surface area contributed by atoms with Gasteiger partial charge in [-0.3, -0.25) is 0 Å². The van der Waals surface area contributed by atoms with Crippen molar-refractivity contribution in [2.24, 2.45) is 0 Å². The van der Waals surface area contributed by atoms with Crippen molar-refractivity contribution in [3.05, 3.63) is 17.1 Å². The molecule has 0 aromatic carbocycles. The number of rotatable bonds is 1. The standard InChI is InChI=1S/C14H21N3O3S/c1-13(2,3)20-12(18)17-8-14(9-17)11(15-5-6-19-14)10-4-7-21-16-10/h4,7,11,15H,5-6,8-9H2,1-3H3. The number of aromatic nitrogens is 1. The van der Waals surface area contributed by atoms with Crippen molar-refractivity contribution in [3.8, 4) is 0 Å². The Balaban J connectivity index is 1.67. The van der Waals surface area contributed by atoms with E-state index >= 15 is 0 Å². The highest BCUT2D eigenvalue weighted by atomic mass is 32.1. The Morgan fingerprint density at radius 2 is 2.33 bits per heavy atom. The van der Waals surface area contributed by atoms with Crippen molar-refractivity contribution in [2.75, 3.05) is 26.2 Å². The maximum Gasteiger partial charge on any atom is 0.410 e. The molecule has 2 aliphatic rings. The zero-order valence-corrected chi connectivity index (χ0v) is 13.4. The highest BCUT2D eigenvalue weighted by Gasteiger charge is 2.55. The monoisotopic (exact) mass is 311 g/mol. The molecule has 1 spiro atoms. The summed E-state index contributed by atoms with van der Waals surface area (Å²) in [4.78, 5) is 13.8. The Labute approximate surface area is 128 Å². The van der Waals surface area contributed by atoms with E-state index in [-0.39, 0.29) is 17.7 Å². The molecule has 2 saturated heterocycles. The van der Waals surface area contributed by atoms with Crippen LogP contribution < -0.4 is 5.32 Å². The predicted octanol–water partition coefficient (Wildman–Crippen LogP) is 1.79. The molecular weight excluding hydrogens is 290 g/mol. The quantitative estimate of drug-likeness (QED) is 0.857. The van der Waals surface area contributed by atoms with Gasteiger partial charge in [-0.25, -0.2) is 4.79 Å². The number of carbonyl (C=O) groups is 1. The highest BCUT2D eigenvalue weighted by molar-refractivity contribution is 7.03. The summed E-state index contributed by atoms with van der Waals surface area (Å²) < 4.78 is 15.8. The van der Waals surface area contributed by atoms with Crippen molar-refractivity contribution in [1.29, 1.82) is 0 Å². The number of likely N-dealkylation sites (tertiary alicyclic amines) is 1. The zero-order chi connectivity index (χ0) is 15.1. The summed E-state index contributed by atoms with van der Waals surface area (Å²) in [5.74, 6) is 0. The average Bonchev–Trinajstić information content (AvgIpc) is 2.87. The molecule has 1 unspecified atom stereocenters. The number of hydrogen-bond donors (Lipinski definition) is 1. The molecule has 116 valence electrons. The fourth-order valence-corrected chi connectivity index (χ4v) is 3.35. The summed E-state index contributed by atoms with van der Waals surface area (Å²) in [7, 11) is 0. The molecule has 1 N–H and O–H groups in total. The van der Waals surface area contributed by atoms with Crippen LogP contribution in [-0.4, -0.2) is 52.8 Å². The Morgan fingerprint density at radius 1 is 1.57 bits per heavy atom. The number of nitrogens with zero attached hydrogens (tertiary/aromatic N) is 2. The van der Waals surface area contributed by atoms with E-state index in [4.69, 9.17) is 9.47 Å². The minimum absolute atomic E-state index is 0.0381. The van der Waals surface area contributed by atoms with Gasteiger partial charge in [0.1, 0.15) is 11.2 Å². The average molecular weight is 311 g/mol. The molecule has 1 aromatic heterocycles. The first-order valence-electron chi connectivity index (χ1n) is 7.15. The van der Waals surface area contributed by atoms with E-state index in [9.17, 15) is 4.79 Å². The number of morpholine rings is 1. The van der Waals surface area contributed by atoms with Crippen LogP contribution in [0.2, 0.25) is 0 Å². The van der Waals surface area contributed by atoms with Crippen LogP contribution in [-0.2, 0) is 9.47 Å². The van der Waals surface area contributed by atoms with Crippen LogP contribution in [0.5, 0.6) is 0 Å². The molecular formula is C14H21N3O3S. The Hall–Kier alpha value is -1.18. The molecule has 0 aliphatic carbocycles. The van der Waals surface area contributed by atoms with Gasteiger partial charge < -0.3 is 19.7 Å². The van der Waals surface area contributed by atoms with Gasteiger partial charge >= 0.3 is 6.09 Å². The van der Waals surface area contributed by atoms with Crippen LogP contribution in [0.3, 0.4) is 0 Å². The van der Waals surface area contributed by atoms with E-state index in [0.29, 0.717) is 19.7 Å². The van der Waals surface area contributed by atoms with Crippen LogP contribution in [0.4, 0.5) is 4.79 Å². The van der Waals surface area contributed by atoms with Crippen LogP contribution in [0.1, 0.15) is 32.5 Å². The Bertz CT molecular complexity index is 506. The minimum atomic E-state index is -0.472. The first-order valence-corrected chi connectivity index (χ1v) is 7.99. The third-order valence-electron chi connectivity index (χ3n) is 3.69. The lowest BCUT2D eigenvalue weighted by molar-refractivity contribution is -0.176. The summed E-state index contributed by atoms with van der Waals surface area (Å²) in [5, 5.41) is 5.42. The second-order valence-electron chi connectivity index (χ2n) is 6.56. The highest BCUT2D eigenvalue weighted by Crippen LogP contribution is 2.39. The van der Waals surface area contributed by atoms with Gasteiger partial charge in [0.25, 0.3) is 0 Å². The van der Waals surface area contributed by atoms with E-state index in [0.717, 1.165) is 12.2 Å². The number of hydrogen-bond acceptors (Lipinski definition) is 6. The van der Waals surface area contributed by atoms with Crippen molar-refractivity contribution in [3.63, 3.8) is 0 Å². The second kappa shape index (κ2) is 5.23. The van der Waals surface area contributed by atoms with Crippen molar-refractivity contribution < 1.29 is 14.3 Å². The zero-order valence-electron chi connectivity index (χ0n) is 12.6. The van der Waals surface area contributed by atoms with E-state index in [1.165, 1.54) is 11.5 Å². The van der Waals surface area contributed by atoms with Gasteiger partial charge in [-0.05, 0) is 38.4 Å². The van der Waals surface area contributed by atoms with E-state index in [2.05, 4.69) is 9.69 Å². The molecule has 7 heteroatoms. The minimum Gasteiger partial charge on any atom is -0.444 e. The van der Waals surface area contributed by atoms with Gasteiger partial charge in [-0.1, -0.05) is 0 Å². The third kappa shape index (κ3) is 2.90. The molecule has 1 amide bonds. The lowest BCUT2D eigenvalue weighted by atomic mass is 9.83. The van der Waals surface area contributed by atoms with E-state index < -0.39 is 5.60 Å². The SMILES string of the molecule is CC(C)(C)OC(=O)N1CC2(C1)OCCNC2c1ccsn1. The number of amides is 1. The molecule has 3 heterocycles. The third-order valence-corrected chi connectivity index (χ3v) is 4.26. The number of carbonyl (C=O) groups excluding carboxylic acids is 1. The van der Waals surface area contributed by atoms with Gasteiger partial charge in [-0.2, -0.15) is 4.37 Å². The van der Waals surface area contributed by atoms with Crippen molar-refractivity contribution >= 4 is 17.6 Å². The van der Waals surface area contributed by atoms with Crippen molar-refractivity contribution in [2.45, 2.75) is 38.0 Å². The topological polar surface area (TPSA) is 63.7 Å². The lowest BCUT2D eigenvalue weighted by Gasteiger charge is -2.54.